The molecule has 1 aliphatic carbocycles. The first-order valence-corrected chi connectivity index (χ1v) is 11.3. The molecule has 2 aromatic rings. The van der Waals surface area contributed by atoms with E-state index in [9.17, 15) is 19.2 Å². The van der Waals surface area contributed by atoms with Gasteiger partial charge in [0.1, 0.15) is 6.04 Å². The molecule has 0 saturated carbocycles. The number of amides is 3. The summed E-state index contributed by atoms with van der Waals surface area (Å²) in [5.74, 6) is -3.25. The molecule has 170 valence electrons. The predicted octanol–water partition coefficient (Wildman–Crippen LogP) is 4.47. The molecule has 0 radical (unpaired) electrons. The van der Waals surface area contributed by atoms with Crippen molar-refractivity contribution in [3.8, 4) is 0 Å². The fourth-order valence-electron chi connectivity index (χ4n) is 4.61. The third-order valence-corrected chi connectivity index (χ3v) is 6.79. The number of nitrogens with zero attached hydrogens (tertiary/aromatic N) is 2. The number of carbonyl (C=O) groups excluding carboxylic acids is 4. The Morgan fingerprint density at radius 1 is 1.06 bits per heavy atom. The highest BCUT2D eigenvalue weighted by molar-refractivity contribution is 6.34. The van der Waals surface area contributed by atoms with Crippen LogP contribution in [0.25, 0.3) is 0 Å². The van der Waals surface area contributed by atoms with E-state index >= 15 is 0 Å². The van der Waals surface area contributed by atoms with Crippen molar-refractivity contribution in [2.24, 2.45) is 17.8 Å². The Balaban J connectivity index is 1.78. The van der Waals surface area contributed by atoms with Crippen LogP contribution in [0.3, 0.4) is 0 Å². The molecule has 0 aromatic heterocycles. The van der Waals surface area contributed by atoms with Crippen molar-refractivity contribution in [2.45, 2.75) is 33.2 Å². The van der Waals surface area contributed by atoms with Crippen LogP contribution in [0.5, 0.6) is 0 Å². The Hall–Kier alpha value is -3.25. The van der Waals surface area contributed by atoms with Gasteiger partial charge in [-0.2, -0.15) is 5.01 Å². The number of hydrogen-bond acceptors (Lipinski definition) is 4. The SMILES string of the molecule is Cc1ccc(C(=O)[C@H](C)N(C(=O)c2ccccc2Cl)N2C(=O)[C@@H]3[C@H](C)C=CC[C@H]3C2=O)cc1. The summed E-state index contributed by atoms with van der Waals surface area (Å²) in [5.41, 5.74) is 1.49. The molecule has 2 aliphatic rings. The number of fused-ring (bicyclic) bond motifs is 1. The second-order valence-electron chi connectivity index (χ2n) is 8.68. The van der Waals surface area contributed by atoms with Gasteiger partial charge in [0, 0.05) is 5.56 Å². The lowest BCUT2D eigenvalue weighted by molar-refractivity contribution is -0.156. The third kappa shape index (κ3) is 4.00. The van der Waals surface area contributed by atoms with Crippen LogP contribution in [-0.4, -0.2) is 39.6 Å². The van der Waals surface area contributed by atoms with Gasteiger partial charge in [-0.15, -0.1) is 0 Å². The number of rotatable bonds is 5. The number of hydrogen-bond donors (Lipinski definition) is 0. The maximum Gasteiger partial charge on any atom is 0.275 e. The van der Waals surface area contributed by atoms with Crippen molar-refractivity contribution < 1.29 is 19.2 Å². The Morgan fingerprint density at radius 3 is 2.36 bits per heavy atom. The zero-order chi connectivity index (χ0) is 23.9. The molecule has 0 bridgehead atoms. The summed E-state index contributed by atoms with van der Waals surface area (Å²) < 4.78 is 0. The number of Topliss-reactive ketones (excluding diaryl/α,β-unsaturated/α-hetero) is 1. The molecule has 0 unspecified atom stereocenters. The maximum atomic E-state index is 13.7. The van der Waals surface area contributed by atoms with Crippen LogP contribution in [-0.2, 0) is 9.59 Å². The van der Waals surface area contributed by atoms with E-state index in [4.69, 9.17) is 11.6 Å². The van der Waals surface area contributed by atoms with E-state index in [1.54, 1.807) is 42.5 Å². The van der Waals surface area contributed by atoms with Gasteiger partial charge in [-0.05, 0) is 38.3 Å². The summed E-state index contributed by atoms with van der Waals surface area (Å²) in [6, 6.07) is 12.2. The molecule has 2 aromatic carbocycles. The molecular weight excluding hydrogens is 440 g/mol. The minimum absolute atomic E-state index is 0.115. The number of halogens is 1. The molecule has 6 nitrogen and oxygen atoms in total. The molecule has 0 N–H and O–H groups in total. The monoisotopic (exact) mass is 464 g/mol. The van der Waals surface area contributed by atoms with E-state index < -0.39 is 35.6 Å². The van der Waals surface area contributed by atoms with Crippen molar-refractivity contribution >= 4 is 35.1 Å². The van der Waals surface area contributed by atoms with E-state index in [1.807, 2.05) is 26.0 Å². The average Bonchev–Trinajstić information content (AvgIpc) is 3.05. The summed E-state index contributed by atoms with van der Waals surface area (Å²) in [6.45, 7) is 5.31. The summed E-state index contributed by atoms with van der Waals surface area (Å²) >= 11 is 6.28. The number of carbonyl (C=O) groups is 4. The van der Waals surface area contributed by atoms with E-state index in [1.165, 1.54) is 13.0 Å². The smallest absolute Gasteiger partial charge is 0.275 e. The number of imide groups is 1. The van der Waals surface area contributed by atoms with Gasteiger partial charge in [0.15, 0.2) is 5.78 Å². The number of ketones is 1. The fourth-order valence-corrected chi connectivity index (χ4v) is 4.83. The molecule has 3 amide bonds. The van der Waals surface area contributed by atoms with Crippen LogP contribution >= 0.6 is 11.6 Å². The Kier molecular flexibility index (Phi) is 6.21. The normalized spacial score (nSPS) is 22.8. The highest BCUT2D eigenvalue weighted by atomic mass is 35.5. The van der Waals surface area contributed by atoms with Crippen molar-refractivity contribution in [2.75, 3.05) is 0 Å². The molecule has 33 heavy (non-hydrogen) atoms. The molecular formula is C26H25ClN2O4. The third-order valence-electron chi connectivity index (χ3n) is 6.46. The number of allylic oxidation sites excluding steroid dienone is 2. The molecule has 7 heteroatoms. The summed E-state index contributed by atoms with van der Waals surface area (Å²) in [7, 11) is 0. The lowest BCUT2D eigenvalue weighted by Crippen LogP contribution is -2.56. The van der Waals surface area contributed by atoms with Gasteiger partial charge in [-0.3, -0.25) is 19.2 Å². The minimum atomic E-state index is -1.10. The zero-order valence-electron chi connectivity index (χ0n) is 18.7. The highest BCUT2D eigenvalue weighted by Crippen LogP contribution is 2.40. The maximum absolute atomic E-state index is 13.7. The van der Waals surface area contributed by atoms with Crippen LogP contribution < -0.4 is 0 Å². The van der Waals surface area contributed by atoms with Gasteiger partial charge in [0.25, 0.3) is 17.7 Å². The van der Waals surface area contributed by atoms with Crippen LogP contribution in [0.4, 0.5) is 0 Å². The van der Waals surface area contributed by atoms with Crippen LogP contribution in [0, 0.1) is 24.7 Å². The summed E-state index contributed by atoms with van der Waals surface area (Å²) in [6.07, 6.45) is 4.23. The first-order chi connectivity index (χ1) is 15.7. The second-order valence-corrected chi connectivity index (χ2v) is 9.09. The minimum Gasteiger partial charge on any atom is -0.292 e. The van der Waals surface area contributed by atoms with Crippen molar-refractivity contribution in [3.05, 3.63) is 82.4 Å². The number of benzene rings is 2. The first-order valence-electron chi connectivity index (χ1n) is 11.0. The van der Waals surface area contributed by atoms with Gasteiger partial charge in [0.05, 0.1) is 22.4 Å². The van der Waals surface area contributed by atoms with Crippen LogP contribution in [0.15, 0.2) is 60.7 Å². The summed E-state index contributed by atoms with van der Waals surface area (Å²) in [4.78, 5) is 53.9. The first kappa shape index (κ1) is 22.9. The molecule has 1 fully saturated rings. The van der Waals surface area contributed by atoms with Crippen molar-refractivity contribution in [1.82, 2.24) is 10.0 Å². The molecule has 1 heterocycles. The lowest BCUT2D eigenvalue weighted by atomic mass is 9.78. The quantitative estimate of drug-likeness (QED) is 0.371. The Labute approximate surface area is 197 Å². The van der Waals surface area contributed by atoms with E-state index in [0.29, 0.717) is 12.0 Å². The average molecular weight is 465 g/mol. The van der Waals surface area contributed by atoms with Gasteiger partial charge in [0.2, 0.25) is 0 Å². The van der Waals surface area contributed by atoms with Crippen LogP contribution in [0.1, 0.15) is 46.5 Å². The van der Waals surface area contributed by atoms with Gasteiger partial charge in [-0.1, -0.05) is 72.6 Å². The van der Waals surface area contributed by atoms with E-state index in [2.05, 4.69) is 0 Å². The molecule has 1 aliphatic heterocycles. The second kappa shape index (κ2) is 8.94. The molecule has 0 spiro atoms. The van der Waals surface area contributed by atoms with E-state index in [0.717, 1.165) is 15.6 Å². The van der Waals surface area contributed by atoms with Gasteiger partial charge < -0.3 is 0 Å². The number of aryl methyl sites for hydroxylation is 1. The fraction of sp³-hybridized carbons (Fsp3) is 0.308. The Bertz CT molecular complexity index is 1160. The predicted molar refractivity (Wildman–Crippen MR) is 124 cm³/mol. The molecule has 4 rings (SSSR count). The lowest BCUT2D eigenvalue weighted by Gasteiger charge is -2.35. The largest absolute Gasteiger partial charge is 0.292 e. The number of hydrazine groups is 1. The summed E-state index contributed by atoms with van der Waals surface area (Å²) in [5, 5.41) is 2.06. The molecule has 1 saturated heterocycles. The topological polar surface area (TPSA) is 74.8 Å². The van der Waals surface area contributed by atoms with Crippen LogP contribution in [0.2, 0.25) is 5.02 Å². The van der Waals surface area contributed by atoms with Crippen molar-refractivity contribution in [1.29, 1.82) is 0 Å². The van der Waals surface area contributed by atoms with E-state index in [-0.39, 0.29) is 22.3 Å². The highest BCUT2D eigenvalue weighted by Gasteiger charge is 2.54. The van der Waals surface area contributed by atoms with Gasteiger partial charge in [-0.25, -0.2) is 5.01 Å². The van der Waals surface area contributed by atoms with Gasteiger partial charge >= 0.3 is 0 Å². The standard InChI is InChI=1S/C26H25ClN2O4/c1-15-11-13-18(14-12-15)23(30)17(3)28(24(31)19-8-4-5-10-21(19)27)29-25(32)20-9-6-7-16(2)22(20)26(29)33/h4-8,10-14,16-17,20,22H,9H2,1-3H3/t16-,17+,20-,22-/m1/s1. The Morgan fingerprint density at radius 2 is 1.73 bits per heavy atom. The van der Waals surface area contributed by atoms with Crippen molar-refractivity contribution in [3.63, 3.8) is 0 Å². The molecule has 4 atom stereocenters. The zero-order valence-corrected chi connectivity index (χ0v) is 19.5.